The summed E-state index contributed by atoms with van der Waals surface area (Å²) in [5.41, 5.74) is 2.50. The molecule has 0 spiro atoms. The summed E-state index contributed by atoms with van der Waals surface area (Å²) in [5.74, 6) is -0.617. The molecule has 2 heterocycles. The summed E-state index contributed by atoms with van der Waals surface area (Å²) in [7, 11) is 3.01. The van der Waals surface area contributed by atoms with Crippen molar-refractivity contribution in [3.05, 3.63) is 53.9 Å². The number of aromatic nitrogens is 2. The molecule has 0 N–H and O–H groups in total. The van der Waals surface area contributed by atoms with Crippen LogP contribution < -0.4 is 4.90 Å². The van der Waals surface area contributed by atoms with Gasteiger partial charge in [0.05, 0.1) is 19.2 Å². The SMILES string of the molecule is CC.CC.COC(=O)CC(CC(=O)N(C)c1ccccc1)c1noc(-c2ccon2)c1C. The second-order valence-corrected chi connectivity index (χ2v) is 6.38. The van der Waals surface area contributed by atoms with E-state index in [9.17, 15) is 9.59 Å². The molecule has 3 rings (SSSR count). The zero-order chi connectivity index (χ0) is 24.1. The topological polar surface area (TPSA) is 98.7 Å². The van der Waals surface area contributed by atoms with Crippen LogP contribution in [-0.2, 0) is 14.3 Å². The fraction of sp³-hybridized carbons (Fsp3) is 0.417. The number of benzene rings is 1. The number of para-hydroxylation sites is 1. The van der Waals surface area contributed by atoms with Crippen molar-refractivity contribution >= 4 is 17.6 Å². The molecule has 0 saturated heterocycles. The highest BCUT2D eigenvalue weighted by atomic mass is 16.5. The zero-order valence-corrected chi connectivity index (χ0v) is 19.9. The molecule has 0 fully saturated rings. The Morgan fingerprint density at radius 2 is 1.69 bits per heavy atom. The normalized spacial score (nSPS) is 10.7. The van der Waals surface area contributed by atoms with Crippen LogP contribution in [0.15, 0.2) is 51.7 Å². The molecular weight excluding hydrogens is 410 g/mol. The van der Waals surface area contributed by atoms with E-state index in [1.807, 2.05) is 65.0 Å². The number of carbonyl (C=O) groups excluding carboxylic acids is 2. The van der Waals surface area contributed by atoms with E-state index in [1.165, 1.54) is 13.4 Å². The predicted molar refractivity (Wildman–Crippen MR) is 123 cm³/mol. The lowest BCUT2D eigenvalue weighted by molar-refractivity contribution is -0.141. The van der Waals surface area contributed by atoms with Crippen LogP contribution in [0.4, 0.5) is 5.69 Å². The van der Waals surface area contributed by atoms with E-state index in [4.69, 9.17) is 13.8 Å². The number of ether oxygens (including phenoxy) is 1. The molecule has 32 heavy (non-hydrogen) atoms. The molecule has 0 saturated carbocycles. The average molecular weight is 444 g/mol. The summed E-state index contributed by atoms with van der Waals surface area (Å²) in [6.45, 7) is 9.81. The Morgan fingerprint density at radius 3 is 2.25 bits per heavy atom. The van der Waals surface area contributed by atoms with Crippen LogP contribution >= 0.6 is 0 Å². The highest BCUT2D eigenvalue weighted by molar-refractivity contribution is 5.93. The molecule has 3 aromatic rings. The van der Waals surface area contributed by atoms with Gasteiger partial charge >= 0.3 is 5.97 Å². The molecule has 8 heteroatoms. The van der Waals surface area contributed by atoms with E-state index < -0.39 is 11.9 Å². The fourth-order valence-electron chi connectivity index (χ4n) is 2.99. The van der Waals surface area contributed by atoms with E-state index in [2.05, 4.69) is 10.3 Å². The predicted octanol–water partition coefficient (Wildman–Crippen LogP) is 5.39. The second kappa shape index (κ2) is 13.8. The van der Waals surface area contributed by atoms with E-state index in [0.717, 1.165) is 5.69 Å². The van der Waals surface area contributed by atoms with Crippen LogP contribution in [0.1, 0.15) is 57.7 Å². The van der Waals surface area contributed by atoms with Crippen LogP contribution in [-0.4, -0.2) is 36.3 Å². The Kier molecular flexibility index (Phi) is 11.5. The van der Waals surface area contributed by atoms with Crippen molar-refractivity contribution in [1.82, 2.24) is 10.3 Å². The van der Waals surface area contributed by atoms with Crippen molar-refractivity contribution in [3.8, 4) is 11.5 Å². The number of hydrogen-bond donors (Lipinski definition) is 0. The van der Waals surface area contributed by atoms with E-state index in [-0.39, 0.29) is 18.7 Å². The van der Waals surface area contributed by atoms with Crippen molar-refractivity contribution in [2.75, 3.05) is 19.1 Å². The van der Waals surface area contributed by atoms with Gasteiger partial charge in [-0.1, -0.05) is 56.2 Å². The lowest BCUT2D eigenvalue weighted by Crippen LogP contribution is -2.28. The average Bonchev–Trinajstić information content (AvgIpc) is 3.50. The molecule has 1 amide bonds. The minimum atomic E-state index is -0.490. The van der Waals surface area contributed by atoms with Crippen molar-refractivity contribution in [3.63, 3.8) is 0 Å². The molecule has 1 unspecified atom stereocenters. The number of nitrogens with zero attached hydrogens (tertiary/aromatic N) is 3. The molecule has 0 radical (unpaired) electrons. The lowest BCUT2D eigenvalue weighted by atomic mass is 9.93. The van der Waals surface area contributed by atoms with E-state index >= 15 is 0 Å². The minimum absolute atomic E-state index is 0.0104. The zero-order valence-electron chi connectivity index (χ0n) is 19.9. The van der Waals surface area contributed by atoms with Crippen LogP contribution in [0.25, 0.3) is 11.5 Å². The number of anilines is 1. The largest absolute Gasteiger partial charge is 0.469 e. The number of carbonyl (C=O) groups is 2. The van der Waals surface area contributed by atoms with Crippen LogP contribution in [0.5, 0.6) is 0 Å². The van der Waals surface area contributed by atoms with Gasteiger partial charge in [0.2, 0.25) is 5.91 Å². The molecule has 1 atom stereocenters. The van der Waals surface area contributed by atoms with Gasteiger partial charge in [-0.25, -0.2) is 0 Å². The Hall–Kier alpha value is -3.42. The maximum absolute atomic E-state index is 12.8. The highest BCUT2D eigenvalue weighted by Gasteiger charge is 2.28. The summed E-state index contributed by atoms with van der Waals surface area (Å²) in [5, 5.41) is 7.96. The van der Waals surface area contributed by atoms with Gasteiger partial charge in [0.25, 0.3) is 0 Å². The number of amides is 1. The molecule has 0 aliphatic carbocycles. The molecule has 2 aromatic heterocycles. The quantitative estimate of drug-likeness (QED) is 0.451. The summed E-state index contributed by atoms with van der Waals surface area (Å²) in [6.07, 6.45) is 1.52. The van der Waals surface area contributed by atoms with Crippen LogP contribution in [0, 0.1) is 6.92 Å². The van der Waals surface area contributed by atoms with Gasteiger partial charge in [-0.15, -0.1) is 0 Å². The van der Waals surface area contributed by atoms with Gasteiger partial charge in [0.15, 0.2) is 11.5 Å². The van der Waals surface area contributed by atoms with Crippen molar-refractivity contribution in [1.29, 1.82) is 0 Å². The van der Waals surface area contributed by atoms with Crippen LogP contribution in [0.3, 0.4) is 0 Å². The van der Waals surface area contributed by atoms with Crippen molar-refractivity contribution < 1.29 is 23.4 Å². The second-order valence-electron chi connectivity index (χ2n) is 6.38. The van der Waals surface area contributed by atoms with Gasteiger partial charge in [-0.3, -0.25) is 9.59 Å². The minimum Gasteiger partial charge on any atom is -0.469 e. The third kappa shape index (κ3) is 6.80. The number of esters is 1. The first-order chi connectivity index (χ1) is 15.5. The first kappa shape index (κ1) is 26.6. The molecule has 0 bridgehead atoms. The first-order valence-electron chi connectivity index (χ1n) is 10.8. The fourth-order valence-corrected chi connectivity index (χ4v) is 2.99. The Bertz CT molecular complexity index is 936. The molecular formula is C24H33N3O5. The van der Waals surface area contributed by atoms with Crippen LogP contribution in [0.2, 0.25) is 0 Å². The number of hydrogen-bond acceptors (Lipinski definition) is 7. The number of methoxy groups -OCH3 is 1. The van der Waals surface area contributed by atoms with Gasteiger partial charge in [-0.05, 0) is 19.1 Å². The van der Waals surface area contributed by atoms with Gasteiger partial charge in [-0.2, -0.15) is 0 Å². The molecule has 1 aromatic carbocycles. The maximum atomic E-state index is 12.8. The summed E-state index contributed by atoms with van der Waals surface area (Å²) >= 11 is 0. The summed E-state index contributed by atoms with van der Waals surface area (Å²) < 4.78 is 15.1. The summed E-state index contributed by atoms with van der Waals surface area (Å²) in [4.78, 5) is 26.3. The smallest absolute Gasteiger partial charge is 0.306 e. The molecule has 174 valence electrons. The van der Waals surface area contributed by atoms with Gasteiger partial charge in [0, 0.05) is 36.7 Å². The maximum Gasteiger partial charge on any atom is 0.306 e. The van der Waals surface area contributed by atoms with Crippen molar-refractivity contribution in [2.24, 2.45) is 0 Å². The van der Waals surface area contributed by atoms with Gasteiger partial charge in [0.1, 0.15) is 6.26 Å². The standard InChI is InChI=1S/C20H21N3O5.2C2H6/c1-13-19(22-28-20(13)16-9-10-27-21-16)14(12-18(25)26-3)11-17(24)23(2)15-7-5-4-6-8-15;2*1-2/h4-10,14H,11-12H2,1-3H3;2*1-2H3. The Labute approximate surface area is 189 Å². The highest BCUT2D eigenvalue weighted by Crippen LogP contribution is 2.33. The molecule has 0 aliphatic rings. The number of rotatable bonds is 7. The Morgan fingerprint density at radius 1 is 1.03 bits per heavy atom. The third-order valence-electron chi connectivity index (χ3n) is 4.60. The van der Waals surface area contributed by atoms with E-state index in [1.54, 1.807) is 18.0 Å². The monoisotopic (exact) mass is 443 g/mol. The Balaban J connectivity index is 0.00000121. The summed E-state index contributed by atoms with van der Waals surface area (Å²) in [6, 6.07) is 10.9. The lowest BCUT2D eigenvalue weighted by Gasteiger charge is -2.20. The molecule has 0 aliphatic heterocycles. The first-order valence-corrected chi connectivity index (χ1v) is 10.8. The van der Waals surface area contributed by atoms with Crippen molar-refractivity contribution in [2.45, 2.75) is 53.4 Å². The molecule has 8 nitrogen and oxygen atoms in total. The van der Waals surface area contributed by atoms with Gasteiger partial charge < -0.3 is 18.7 Å². The third-order valence-corrected chi connectivity index (χ3v) is 4.60. The van der Waals surface area contributed by atoms with E-state index in [0.29, 0.717) is 22.7 Å².